The molecule has 1 aromatic heterocycles. The van der Waals surface area contributed by atoms with Crippen LogP contribution in [0.4, 0.5) is 0 Å². The largest absolute Gasteiger partial charge is 0.307 e. The summed E-state index contributed by atoms with van der Waals surface area (Å²) in [7, 11) is 0. The highest BCUT2D eigenvalue weighted by atomic mass is 32.1. The molecule has 0 bridgehead atoms. The van der Waals surface area contributed by atoms with Gasteiger partial charge in [0, 0.05) is 17.0 Å². The molecule has 1 heterocycles. The number of nitrogens with zero attached hydrogens (tertiary/aromatic N) is 1. The monoisotopic (exact) mass is 294 g/mol. The number of aryl methyl sites for hydroxylation is 2. The summed E-state index contributed by atoms with van der Waals surface area (Å²) in [5, 5.41) is 5.05. The number of nitrogens with one attached hydrogen (secondary N) is 1. The van der Waals surface area contributed by atoms with Crippen molar-refractivity contribution in [2.75, 3.05) is 0 Å². The van der Waals surface area contributed by atoms with Crippen LogP contribution in [-0.2, 0) is 0 Å². The van der Waals surface area contributed by atoms with Crippen LogP contribution in [0, 0.1) is 25.7 Å². The van der Waals surface area contributed by atoms with Gasteiger partial charge < -0.3 is 5.32 Å². The van der Waals surface area contributed by atoms with Crippen LogP contribution >= 0.6 is 11.3 Å². The van der Waals surface area contributed by atoms with E-state index in [1.54, 1.807) is 0 Å². The van der Waals surface area contributed by atoms with Gasteiger partial charge in [-0.25, -0.2) is 4.98 Å². The second-order valence-corrected chi connectivity index (χ2v) is 8.01. The summed E-state index contributed by atoms with van der Waals surface area (Å²) < 4.78 is 0. The zero-order valence-corrected chi connectivity index (χ0v) is 14.5. The van der Waals surface area contributed by atoms with Gasteiger partial charge in [0.2, 0.25) is 0 Å². The third-order valence-corrected chi connectivity index (χ3v) is 6.03. The quantitative estimate of drug-likeness (QED) is 0.789. The van der Waals surface area contributed by atoms with Crippen molar-refractivity contribution < 1.29 is 0 Å². The van der Waals surface area contributed by atoms with Crippen LogP contribution in [0.5, 0.6) is 0 Å². The lowest BCUT2D eigenvalue weighted by Crippen LogP contribution is -2.31. The average Bonchev–Trinajstić information content (AvgIpc) is 2.60. The molecule has 1 fully saturated rings. The van der Waals surface area contributed by atoms with Crippen LogP contribution in [0.2, 0.25) is 0 Å². The van der Waals surface area contributed by atoms with Crippen molar-refractivity contribution in [1.29, 1.82) is 0 Å². The highest BCUT2D eigenvalue weighted by Gasteiger charge is 2.23. The molecule has 3 atom stereocenters. The lowest BCUT2D eigenvalue weighted by atomic mass is 9.89. The molecule has 1 aliphatic rings. The van der Waals surface area contributed by atoms with Gasteiger partial charge in [0.05, 0.1) is 10.7 Å². The topological polar surface area (TPSA) is 24.9 Å². The van der Waals surface area contributed by atoms with Gasteiger partial charge in [-0.3, -0.25) is 0 Å². The summed E-state index contributed by atoms with van der Waals surface area (Å²) in [6, 6.07) is 1.14. The van der Waals surface area contributed by atoms with Crippen molar-refractivity contribution in [3.8, 4) is 0 Å². The zero-order valence-electron chi connectivity index (χ0n) is 13.7. The fourth-order valence-corrected chi connectivity index (χ4v) is 4.48. The average molecular weight is 295 g/mol. The summed E-state index contributed by atoms with van der Waals surface area (Å²) in [5.74, 6) is 1.78. The normalized spacial score (nSPS) is 25.7. The van der Waals surface area contributed by atoms with Crippen molar-refractivity contribution in [2.45, 2.75) is 78.8 Å². The van der Waals surface area contributed by atoms with E-state index >= 15 is 0 Å². The Morgan fingerprint density at radius 3 is 2.45 bits per heavy atom. The molecule has 1 saturated carbocycles. The van der Waals surface area contributed by atoms with Gasteiger partial charge in [0.1, 0.15) is 0 Å². The Hall–Kier alpha value is -0.410. The first-order valence-electron chi connectivity index (χ1n) is 8.17. The van der Waals surface area contributed by atoms with Gasteiger partial charge >= 0.3 is 0 Å². The van der Waals surface area contributed by atoms with Crippen LogP contribution in [0.25, 0.3) is 0 Å². The Labute approximate surface area is 128 Å². The van der Waals surface area contributed by atoms with Gasteiger partial charge in [-0.15, -0.1) is 11.3 Å². The number of rotatable bonds is 4. The Morgan fingerprint density at radius 1 is 1.10 bits per heavy atom. The van der Waals surface area contributed by atoms with Gasteiger partial charge in [-0.2, -0.15) is 0 Å². The van der Waals surface area contributed by atoms with Gasteiger partial charge in [0.15, 0.2) is 0 Å². The molecule has 0 amide bonds. The number of hydrogen-bond acceptors (Lipinski definition) is 3. The van der Waals surface area contributed by atoms with E-state index in [4.69, 9.17) is 0 Å². The van der Waals surface area contributed by atoms with Crippen LogP contribution in [0.1, 0.15) is 74.5 Å². The maximum atomic E-state index is 4.56. The van der Waals surface area contributed by atoms with Crippen molar-refractivity contribution in [3.05, 3.63) is 15.6 Å². The van der Waals surface area contributed by atoms with Crippen LogP contribution < -0.4 is 5.32 Å². The summed E-state index contributed by atoms with van der Waals surface area (Å²) in [4.78, 5) is 5.98. The van der Waals surface area contributed by atoms with Crippen LogP contribution in [0.15, 0.2) is 0 Å². The predicted octanol–water partition coefficient (Wildman–Crippen LogP) is 5.02. The molecule has 0 aromatic carbocycles. The Balaban J connectivity index is 1.91. The molecular formula is C17H30N2S. The van der Waals surface area contributed by atoms with E-state index in [1.165, 1.54) is 47.7 Å². The fraction of sp³-hybridized carbons (Fsp3) is 0.824. The van der Waals surface area contributed by atoms with Crippen molar-refractivity contribution >= 4 is 11.3 Å². The van der Waals surface area contributed by atoms with E-state index in [-0.39, 0.29) is 0 Å². The molecule has 2 nitrogen and oxygen atoms in total. The minimum Gasteiger partial charge on any atom is -0.307 e. The second kappa shape index (κ2) is 7.04. The predicted molar refractivity (Wildman–Crippen MR) is 88.3 cm³/mol. The molecule has 2 rings (SSSR count). The molecule has 0 saturated heterocycles. The first kappa shape index (κ1) is 16.0. The summed E-state index contributed by atoms with van der Waals surface area (Å²) in [6.45, 7) is 11.3. The highest BCUT2D eigenvalue weighted by Crippen LogP contribution is 2.31. The lowest BCUT2D eigenvalue weighted by Gasteiger charge is -2.22. The molecule has 0 aliphatic heterocycles. The minimum absolute atomic E-state index is 0.446. The van der Waals surface area contributed by atoms with E-state index in [0.717, 1.165) is 11.8 Å². The van der Waals surface area contributed by atoms with E-state index in [2.05, 4.69) is 44.9 Å². The Morgan fingerprint density at radius 2 is 1.85 bits per heavy atom. The van der Waals surface area contributed by atoms with Crippen LogP contribution in [-0.4, -0.2) is 11.0 Å². The molecule has 0 radical (unpaired) electrons. The Bertz CT molecular complexity index is 425. The molecule has 1 aliphatic carbocycles. The molecule has 20 heavy (non-hydrogen) atoms. The van der Waals surface area contributed by atoms with E-state index in [9.17, 15) is 0 Å². The van der Waals surface area contributed by atoms with E-state index in [0.29, 0.717) is 12.1 Å². The molecule has 0 spiro atoms. The minimum atomic E-state index is 0.446. The second-order valence-electron chi connectivity index (χ2n) is 6.78. The molecule has 1 aromatic rings. The Kier molecular flexibility index (Phi) is 5.62. The molecule has 3 heteroatoms. The van der Waals surface area contributed by atoms with E-state index < -0.39 is 0 Å². The molecule has 114 valence electrons. The number of thiazole rings is 1. The van der Waals surface area contributed by atoms with Gasteiger partial charge in [-0.1, -0.05) is 26.7 Å². The standard InChI is InChI=1S/C17H30N2S/c1-11(2)15-7-6-8-16(10-9-15)19-13(4)17-12(3)18-14(5)20-17/h11,13,15-16,19H,6-10H2,1-5H3. The molecular weight excluding hydrogens is 264 g/mol. The third kappa shape index (κ3) is 4.05. The maximum Gasteiger partial charge on any atom is 0.0900 e. The first-order chi connectivity index (χ1) is 9.47. The lowest BCUT2D eigenvalue weighted by molar-refractivity contribution is 0.335. The third-order valence-electron chi connectivity index (χ3n) is 4.77. The maximum absolute atomic E-state index is 4.56. The van der Waals surface area contributed by atoms with Crippen molar-refractivity contribution in [2.24, 2.45) is 11.8 Å². The highest BCUT2D eigenvalue weighted by molar-refractivity contribution is 7.11. The smallest absolute Gasteiger partial charge is 0.0900 e. The fourth-order valence-electron chi connectivity index (χ4n) is 3.54. The number of aromatic nitrogens is 1. The van der Waals surface area contributed by atoms with Crippen LogP contribution in [0.3, 0.4) is 0 Å². The SMILES string of the molecule is Cc1nc(C)c(C(C)NC2CCCC(C(C)C)CC2)s1. The molecule has 1 N–H and O–H groups in total. The zero-order chi connectivity index (χ0) is 14.7. The first-order valence-corrected chi connectivity index (χ1v) is 8.99. The number of hydrogen-bond donors (Lipinski definition) is 1. The molecule has 3 unspecified atom stereocenters. The van der Waals surface area contributed by atoms with Gasteiger partial charge in [0.25, 0.3) is 0 Å². The summed E-state index contributed by atoms with van der Waals surface area (Å²) in [6.07, 6.45) is 6.87. The van der Waals surface area contributed by atoms with Crippen molar-refractivity contribution in [1.82, 2.24) is 10.3 Å². The van der Waals surface area contributed by atoms with Crippen molar-refractivity contribution in [3.63, 3.8) is 0 Å². The summed E-state index contributed by atoms with van der Waals surface area (Å²) >= 11 is 1.85. The van der Waals surface area contributed by atoms with E-state index in [1.807, 2.05) is 11.3 Å². The van der Waals surface area contributed by atoms with Gasteiger partial charge in [-0.05, 0) is 51.9 Å². The summed E-state index contributed by atoms with van der Waals surface area (Å²) in [5.41, 5.74) is 1.21.